The fraction of sp³-hybridized carbons (Fsp3) is 0.760. The van der Waals surface area contributed by atoms with E-state index in [4.69, 9.17) is 4.74 Å². The van der Waals surface area contributed by atoms with Crippen LogP contribution in [0.3, 0.4) is 0 Å². The van der Waals surface area contributed by atoms with Gasteiger partial charge in [-0.25, -0.2) is 0 Å². The van der Waals surface area contributed by atoms with E-state index >= 15 is 0 Å². The van der Waals surface area contributed by atoms with Gasteiger partial charge in [0, 0.05) is 18.3 Å². The highest BCUT2D eigenvalue weighted by Gasteiger charge is 2.02. The molecular weight excluding hydrogens is 346 g/mol. The van der Waals surface area contributed by atoms with Crippen LogP contribution in [0.1, 0.15) is 115 Å². The third-order valence-electron chi connectivity index (χ3n) is 5.30. The summed E-state index contributed by atoms with van der Waals surface area (Å²) in [6, 6.07) is 6.13. The van der Waals surface area contributed by atoms with Crippen molar-refractivity contribution in [1.82, 2.24) is 4.98 Å². The lowest BCUT2D eigenvalue weighted by Crippen LogP contribution is -2.05. The van der Waals surface area contributed by atoms with Crippen molar-refractivity contribution < 1.29 is 9.53 Å². The van der Waals surface area contributed by atoms with Gasteiger partial charge in [0.15, 0.2) is 0 Å². The van der Waals surface area contributed by atoms with Gasteiger partial charge in [-0.2, -0.15) is 0 Å². The van der Waals surface area contributed by atoms with E-state index < -0.39 is 0 Å². The molecule has 3 heteroatoms. The number of esters is 1. The van der Waals surface area contributed by atoms with E-state index in [-0.39, 0.29) is 5.97 Å². The minimum absolute atomic E-state index is 0.00157. The molecular formula is C25H43NO2. The van der Waals surface area contributed by atoms with E-state index in [0.29, 0.717) is 13.0 Å². The molecule has 1 heterocycles. The summed E-state index contributed by atoms with van der Waals surface area (Å²) in [6.45, 7) is 2.87. The minimum atomic E-state index is -0.00157. The van der Waals surface area contributed by atoms with Crippen molar-refractivity contribution in [3.8, 4) is 0 Å². The average molecular weight is 390 g/mol. The van der Waals surface area contributed by atoms with E-state index in [1.807, 2.05) is 12.3 Å². The van der Waals surface area contributed by atoms with Gasteiger partial charge in [0.2, 0.25) is 0 Å². The monoisotopic (exact) mass is 389 g/mol. The maximum absolute atomic E-state index is 11.7. The molecule has 0 atom stereocenters. The first-order valence-electron chi connectivity index (χ1n) is 11.9. The Bertz CT molecular complexity index is 461. The quantitative estimate of drug-likeness (QED) is 0.182. The number of carbonyl (C=O) groups excluding carboxylic acids is 1. The molecule has 1 aromatic heterocycles. The third-order valence-corrected chi connectivity index (χ3v) is 5.30. The molecule has 1 rings (SSSR count). The van der Waals surface area contributed by atoms with Crippen molar-refractivity contribution in [3.05, 3.63) is 30.1 Å². The predicted octanol–water partition coefficient (Wildman–Crippen LogP) is 7.43. The Hall–Kier alpha value is -1.38. The molecule has 0 saturated carbocycles. The molecule has 3 nitrogen and oxygen atoms in total. The van der Waals surface area contributed by atoms with Crippen molar-refractivity contribution in [2.75, 3.05) is 6.61 Å². The number of ether oxygens (including phenoxy) is 1. The molecule has 0 aliphatic heterocycles. The van der Waals surface area contributed by atoms with E-state index in [1.54, 1.807) is 0 Å². The second-order valence-electron chi connectivity index (χ2n) is 7.99. The Morgan fingerprint density at radius 2 is 1.39 bits per heavy atom. The summed E-state index contributed by atoms with van der Waals surface area (Å²) >= 11 is 0. The molecule has 0 fully saturated rings. The first-order valence-corrected chi connectivity index (χ1v) is 11.9. The molecule has 28 heavy (non-hydrogen) atoms. The summed E-state index contributed by atoms with van der Waals surface area (Å²) in [5.74, 6) is -0.00157. The first kappa shape index (κ1) is 24.7. The van der Waals surface area contributed by atoms with E-state index in [0.717, 1.165) is 25.7 Å². The Labute approximate surface area is 173 Å². The number of aryl methyl sites for hydroxylation is 1. The maximum atomic E-state index is 11.7. The van der Waals surface area contributed by atoms with Gasteiger partial charge >= 0.3 is 5.97 Å². The molecule has 0 saturated heterocycles. The molecule has 0 unspecified atom stereocenters. The van der Waals surface area contributed by atoms with Crippen LogP contribution in [0, 0.1) is 0 Å². The molecule has 0 N–H and O–H groups in total. The molecule has 0 amide bonds. The number of carbonyl (C=O) groups is 1. The summed E-state index contributed by atoms with van der Waals surface area (Å²) in [5.41, 5.74) is 1.20. The van der Waals surface area contributed by atoms with Crippen LogP contribution in [0.15, 0.2) is 24.4 Å². The number of rotatable bonds is 19. The summed E-state index contributed by atoms with van der Waals surface area (Å²) in [5, 5.41) is 0. The summed E-state index contributed by atoms with van der Waals surface area (Å²) < 4.78 is 5.34. The van der Waals surface area contributed by atoms with Gasteiger partial charge in [0.1, 0.15) is 0 Å². The van der Waals surface area contributed by atoms with Crippen LogP contribution in [-0.4, -0.2) is 17.6 Å². The Morgan fingerprint density at radius 3 is 2.04 bits per heavy atom. The third kappa shape index (κ3) is 15.7. The topological polar surface area (TPSA) is 39.2 Å². The van der Waals surface area contributed by atoms with Crippen LogP contribution in [0.25, 0.3) is 0 Å². The normalized spacial score (nSPS) is 10.9. The van der Waals surface area contributed by atoms with Gasteiger partial charge in [-0.3, -0.25) is 9.78 Å². The van der Waals surface area contributed by atoms with Crippen LogP contribution in [0.5, 0.6) is 0 Å². The van der Waals surface area contributed by atoms with Crippen LogP contribution < -0.4 is 0 Å². The second kappa shape index (κ2) is 19.0. The highest BCUT2D eigenvalue weighted by molar-refractivity contribution is 5.69. The van der Waals surface area contributed by atoms with Gasteiger partial charge in [0.05, 0.1) is 6.61 Å². The fourth-order valence-corrected chi connectivity index (χ4v) is 3.50. The predicted molar refractivity (Wildman–Crippen MR) is 118 cm³/mol. The van der Waals surface area contributed by atoms with Crippen LogP contribution in [0.4, 0.5) is 0 Å². The van der Waals surface area contributed by atoms with Crippen molar-refractivity contribution >= 4 is 5.97 Å². The van der Waals surface area contributed by atoms with E-state index in [1.165, 1.54) is 82.7 Å². The summed E-state index contributed by atoms with van der Waals surface area (Å²) in [6.07, 6.45) is 22.2. The lowest BCUT2D eigenvalue weighted by Gasteiger charge is -2.05. The largest absolute Gasteiger partial charge is 0.466 e. The number of pyridine rings is 1. The van der Waals surface area contributed by atoms with Crippen molar-refractivity contribution in [1.29, 1.82) is 0 Å². The highest BCUT2D eigenvalue weighted by Crippen LogP contribution is 2.11. The smallest absolute Gasteiger partial charge is 0.305 e. The Morgan fingerprint density at radius 1 is 0.786 bits per heavy atom. The van der Waals surface area contributed by atoms with Crippen LogP contribution in [0.2, 0.25) is 0 Å². The number of aromatic nitrogens is 1. The molecule has 0 aliphatic carbocycles. The standard InChI is InChI=1S/C25H43NO2/c1-2-3-4-5-6-10-13-18-23-28-25(27)21-15-12-9-7-8-11-14-19-24-20-16-17-22-26-24/h16-17,20,22H,2-15,18-19,21,23H2,1H3. The van der Waals surface area contributed by atoms with Gasteiger partial charge in [-0.1, -0.05) is 90.0 Å². The first-order chi connectivity index (χ1) is 13.8. The minimum Gasteiger partial charge on any atom is -0.466 e. The average Bonchev–Trinajstić information content (AvgIpc) is 2.72. The van der Waals surface area contributed by atoms with Crippen LogP contribution >= 0.6 is 0 Å². The molecule has 160 valence electrons. The Kier molecular flexibility index (Phi) is 16.7. The molecule has 0 spiro atoms. The lowest BCUT2D eigenvalue weighted by molar-refractivity contribution is -0.143. The van der Waals surface area contributed by atoms with Crippen molar-refractivity contribution in [3.63, 3.8) is 0 Å². The SMILES string of the molecule is CCCCCCCCCCOC(=O)CCCCCCCCCc1ccccn1. The zero-order chi connectivity index (χ0) is 20.1. The van der Waals surface area contributed by atoms with Gasteiger partial charge < -0.3 is 4.74 Å². The lowest BCUT2D eigenvalue weighted by atomic mass is 10.1. The summed E-state index contributed by atoms with van der Waals surface area (Å²) in [4.78, 5) is 16.1. The highest BCUT2D eigenvalue weighted by atomic mass is 16.5. The molecule has 0 aromatic carbocycles. The second-order valence-corrected chi connectivity index (χ2v) is 7.99. The number of hydrogen-bond donors (Lipinski definition) is 0. The molecule has 0 bridgehead atoms. The fourth-order valence-electron chi connectivity index (χ4n) is 3.50. The molecule has 1 aromatic rings. The van der Waals surface area contributed by atoms with Crippen molar-refractivity contribution in [2.24, 2.45) is 0 Å². The van der Waals surface area contributed by atoms with Gasteiger partial charge in [-0.05, 0) is 37.8 Å². The van der Waals surface area contributed by atoms with Crippen LogP contribution in [-0.2, 0) is 16.0 Å². The molecule has 0 radical (unpaired) electrons. The van der Waals surface area contributed by atoms with E-state index in [2.05, 4.69) is 24.0 Å². The Balaban J connectivity index is 1.77. The summed E-state index contributed by atoms with van der Waals surface area (Å²) in [7, 11) is 0. The zero-order valence-corrected chi connectivity index (χ0v) is 18.3. The van der Waals surface area contributed by atoms with E-state index in [9.17, 15) is 4.79 Å². The zero-order valence-electron chi connectivity index (χ0n) is 18.3. The number of hydrogen-bond acceptors (Lipinski definition) is 3. The van der Waals surface area contributed by atoms with Gasteiger partial charge in [-0.15, -0.1) is 0 Å². The molecule has 0 aliphatic rings. The van der Waals surface area contributed by atoms with Crippen molar-refractivity contribution in [2.45, 2.75) is 116 Å². The van der Waals surface area contributed by atoms with Gasteiger partial charge in [0.25, 0.3) is 0 Å². The number of unbranched alkanes of at least 4 members (excludes halogenated alkanes) is 13. The number of nitrogens with zero attached hydrogens (tertiary/aromatic N) is 1. The maximum Gasteiger partial charge on any atom is 0.305 e.